The van der Waals surface area contributed by atoms with Crippen LogP contribution in [0, 0.1) is 18.7 Å². The van der Waals surface area contributed by atoms with E-state index in [2.05, 4.69) is 32.6 Å². The predicted octanol–water partition coefficient (Wildman–Crippen LogP) is 5.72. The molecule has 2 unspecified atom stereocenters. The lowest BCUT2D eigenvalue weighted by Gasteiger charge is -2.41. The van der Waals surface area contributed by atoms with Crippen LogP contribution in [0.3, 0.4) is 0 Å². The summed E-state index contributed by atoms with van der Waals surface area (Å²) in [4.78, 5) is 24.2. The highest BCUT2D eigenvalue weighted by Crippen LogP contribution is 2.32. The molecule has 0 N–H and O–H groups in total. The third-order valence-corrected chi connectivity index (χ3v) is 6.73. The smallest absolute Gasteiger partial charge is 0.254 e. The van der Waals surface area contributed by atoms with Crippen LogP contribution in [0.4, 0.5) is 4.39 Å². The Hall–Kier alpha value is -2.55. The van der Waals surface area contributed by atoms with Gasteiger partial charge in [0.15, 0.2) is 0 Å². The SMILES string of the molecule is Cc1ccc(-c2cccnc2)c(C(=O)N2CCCC(COc3ccc(F)cn3)C2CCI)c1. The lowest BCUT2D eigenvalue weighted by molar-refractivity contribution is 0.0397. The van der Waals surface area contributed by atoms with Crippen molar-refractivity contribution in [2.75, 3.05) is 17.6 Å². The molecular weight excluding hydrogens is 532 g/mol. The number of benzene rings is 1. The monoisotopic (exact) mass is 559 g/mol. The number of hydrogen-bond donors (Lipinski definition) is 0. The Morgan fingerprint density at radius 2 is 2.12 bits per heavy atom. The molecule has 0 spiro atoms. The highest BCUT2D eigenvalue weighted by atomic mass is 127. The molecule has 0 radical (unpaired) electrons. The van der Waals surface area contributed by atoms with Crippen LogP contribution in [0.5, 0.6) is 5.88 Å². The molecule has 2 aromatic heterocycles. The number of piperidine rings is 1. The predicted molar refractivity (Wildman–Crippen MR) is 135 cm³/mol. The summed E-state index contributed by atoms with van der Waals surface area (Å²) in [5.41, 5.74) is 3.60. The van der Waals surface area contributed by atoms with Crippen molar-refractivity contribution in [3.63, 3.8) is 0 Å². The summed E-state index contributed by atoms with van der Waals surface area (Å²) >= 11 is 2.37. The van der Waals surface area contributed by atoms with E-state index in [0.29, 0.717) is 18.1 Å². The van der Waals surface area contributed by atoms with Crippen molar-refractivity contribution < 1.29 is 13.9 Å². The van der Waals surface area contributed by atoms with Gasteiger partial charge in [0.1, 0.15) is 5.82 Å². The van der Waals surface area contributed by atoms with E-state index in [1.54, 1.807) is 18.5 Å². The van der Waals surface area contributed by atoms with Crippen LogP contribution in [-0.2, 0) is 0 Å². The lowest BCUT2D eigenvalue weighted by atomic mass is 9.87. The topological polar surface area (TPSA) is 55.3 Å². The average Bonchev–Trinajstić information content (AvgIpc) is 2.84. The molecule has 0 saturated carbocycles. The minimum Gasteiger partial charge on any atom is -0.477 e. The molecule has 0 bridgehead atoms. The molecule has 0 aliphatic carbocycles. The molecule has 1 amide bonds. The van der Waals surface area contributed by atoms with E-state index in [4.69, 9.17) is 4.74 Å². The van der Waals surface area contributed by atoms with Gasteiger partial charge in [-0.05, 0) is 49.9 Å². The number of ether oxygens (including phenoxy) is 1. The number of nitrogens with zero attached hydrogens (tertiary/aromatic N) is 3. The van der Waals surface area contributed by atoms with Crippen LogP contribution >= 0.6 is 22.6 Å². The quantitative estimate of drug-likeness (QED) is 0.275. The van der Waals surface area contributed by atoms with Gasteiger partial charge in [-0.2, -0.15) is 0 Å². The molecule has 5 nitrogen and oxygen atoms in total. The number of carbonyl (C=O) groups is 1. The second kappa shape index (κ2) is 11.0. The summed E-state index contributed by atoms with van der Waals surface area (Å²) in [7, 11) is 0. The van der Waals surface area contributed by atoms with E-state index in [9.17, 15) is 9.18 Å². The van der Waals surface area contributed by atoms with E-state index in [1.165, 1.54) is 6.07 Å². The van der Waals surface area contributed by atoms with Crippen molar-refractivity contribution >= 4 is 28.5 Å². The standard InChI is InChI=1S/C26H27FIN3O2/c1-18-6-8-22(19-4-2-12-29-15-19)23(14-18)26(32)31-13-3-5-20(24(31)10-11-28)17-33-25-9-7-21(27)16-30-25/h2,4,6-9,12,14-16,20,24H,3,5,10-11,13,17H2,1H3. The maximum Gasteiger partial charge on any atom is 0.254 e. The summed E-state index contributed by atoms with van der Waals surface area (Å²) in [6, 6.07) is 12.9. The van der Waals surface area contributed by atoms with E-state index < -0.39 is 0 Å². The van der Waals surface area contributed by atoms with Gasteiger partial charge < -0.3 is 9.64 Å². The van der Waals surface area contributed by atoms with Gasteiger partial charge in [-0.15, -0.1) is 0 Å². The van der Waals surface area contributed by atoms with Gasteiger partial charge in [0.05, 0.1) is 12.8 Å². The molecule has 1 aliphatic rings. The highest BCUT2D eigenvalue weighted by molar-refractivity contribution is 14.1. The lowest BCUT2D eigenvalue weighted by Crippen LogP contribution is -2.50. The zero-order chi connectivity index (χ0) is 23.2. The number of aromatic nitrogens is 2. The molecule has 33 heavy (non-hydrogen) atoms. The van der Waals surface area contributed by atoms with Crippen molar-refractivity contribution in [1.29, 1.82) is 0 Å². The fourth-order valence-electron chi connectivity index (χ4n) is 4.49. The Balaban J connectivity index is 1.58. The summed E-state index contributed by atoms with van der Waals surface area (Å²) in [5.74, 6) is 0.265. The van der Waals surface area contributed by atoms with E-state index in [0.717, 1.165) is 53.1 Å². The van der Waals surface area contributed by atoms with Gasteiger partial charge in [0, 0.05) is 52.5 Å². The van der Waals surface area contributed by atoms with Crippen LogP contribution in [0.25, 0.3) is 11.1 Å². The van der Waals surface area contributed by atoms with Crippen LogP contribution < -0.4 is 4.74 Å². The van der Waals surface area contributed by atoms with Gasteiger partial charge in [-0.3, -0.25) is 9.78 Å². The molecule has 1 saturated heterocycles. The summed E-state index contributed by atoms with van der Waals surface area (Å²) in [6.07, 6.45) is 7.49. The summed E-state index contributed by atoms with van der Waals surface area (Å²) in [5, 5.41) is 0. The first-order chi connectivity index (χ1) is 16.1. The second-order valence-corrected chi connectivity index (χ2v) is 9.44. The van der Waals surface area contributed by atoms with E-state index >= 15 is 0 Å². The Labute approximate surface area is 207 Å². The van der Waals surface area contributed by atoms with Crippen molar-refractivity contribution in [2.24, 2.45) is 5.92 Å². The number of likely N-dealkylation sites (tertiary alicyclic amines) is 1. The number of alkyl halides is 1. The molecule has 1 aliphatic heterocycles. The number of halogens is 2. The first-order valence-corrected chi connectivity index (χ1v) is 12.7. The van der Waals surface area contributed by atoms with Gasteiger partial charge in [0.2, 0.25) is 5.88 Å². The minimum absolute atomic E-state index is 0.0528. The van der Waals surface area contributed by atoms with Crippen molar-refractivity contribution in [2.45, 2.75) is 32.2 Å². The molecule has 7 heteroatoms. The number of amides is 1. The summed E-state index contributed by atoms with van der Waals surface area (Å²) < 4.78 is 20.0. The molecular formula is C26H27FIN3O2. The van der Waals surface area contributed by atoms with Gasteiger partial charge >= 0.3 is 0 Å². The Bertz CT molecular complexity index is 1080. The molecule has 3 aromatic rings. The molecule has 1 fully saturated rings. The molecule has 4 rings (SSSR count). The van der Waals surface area contributed by atoms with Crippen LogP contribution in [0.2, 0.25) is 0 Å². The van der Waals surface area contributed by atoms with Crippen LogP contribution in [0.1, 0.15) is 35.2 Å². The number of hydrogen-bond acceptors (Lipinski definition) is 4. The third-order valence-electron chi connectivity index (χ3n) is 6.11. The number of aryl methyl sites for hydroxylation is 1. The number of rotatable bonds is 7. The number of carbonyl (C=O) groups excluding carboxylic acids is 1. The van der Waals surface area contributed by atoms with Crippen molar-refractivity contribution in [1.82, 2.24) is 14.9 Å². The van der Waals surface area contributed by atoms with E-state index in [-0.39, 0.29) is 23.7 Å². The first kappa shape index (κ1) is 23.6. The van der Waals surface area contributed by atoms with Gasteiger partial charge in [0.25, 0.3) is 5.91 Å². The van der Waals surface area contributed by atoms with Crippen molar-refractivity contribution in [3.05, 3.63) is 78.0 Å². The molecule has 2 atom stereocenters. The fourth-order valence-corrected chi connectivity index (χ4v) is 5.13. The molecule has 1 aromatic carbocycles. The zero-order valence-corrected chi connectivity index (χ0v) is 20.7. The van der Waals surface area contributed by atoms with Crippen LogP contribution in [0.15, 0.2) is 61.1 Å². The van der Waals surface area contributed by atoms with Crippen molar-refractivity contribution in [3.8, 4) is 17.0 Å². The van der Waals surface area contributed by atoms with Gasteiger partial charge in [-0.1, -0.05) is 46.4 Å². The fraction of sp³-hybridized carbons (Fsp3) is 0.346. The normalized spacial score (nSPS) is 18.2. The minimum atomic E-state index is -0.387. The zero-order valence-electron chi connectivity index (χ0n) is 18.6. The third kappa shape index (κ3) is 5.69. The Morgan fingerprint density at radius 3 is 2.85 bits per heavy atom. The first-order valence-electron chi connectivity index (χ1n) is 11.2. The molecule has 172 valence electrons. The maximum absolute atomic E-state index is 13.9. The average molecular weight is 559 g/mol. The van der Waals surface area contributed by atoms with Gasteiger partial charge in [-0.25, -0.2) is 9.37 Å². The molecule has 3 heterocycles. The Morgan fingerprint density at radius 1 is 1.24 bits per heavy atom. The maximum atomic E-state index is 13.9. The summed E-state index contributed by atoms with van der Waals surface area (Å²) in [6.45, 7) is 3.19. The Kier molecular flexibility index (Phi) is 7.90. The van der Waals surface area contributed by atoms with Crippen LogP contribution in [-0.4, -0.2) is 44.4 Å². The second-order valence-electron chi connectivity index (χ2n) is 8.36. The van der Waals surface area contributed by atoms with E-state index in [1.807, 2.05) is 42.2 Å². The largest absolute Gasteiger partial charge is 0.477 e. The highest BCUT2D eigenvalue weighted by Gasteiger charge is 2.35. The number of pyridine rings is 2.